The molecule has 1 aromatic heterocycles. The number of ether oxygens (including phenoxy) is 1. The van der Waals surface area contributed by atoms with Crippen LogP contribution in [0.15, 0.2) is 36.4 Å². The average molecular weight is 497 g/mol. The van der Waals surface area contributed by atoms with Gasteiger partial charge in [-0.3, -0.25) is 9.52 Å². The van der Waals surface area contributed by atoms with Crippen LogP contribution in [-0.2, 0) is 25.0 Å². The number of carbonyl (C=O) groups excluding carboxylic acids is 2. The summed E-state index contributed by atoms with van der Waals surface area (Å²) in [5.41, 5.74) is 0.972. The maximum absolute atomic E-state index is 13.0. The van der Waals surface area contributed by atoms with E-state index in [1.807, 2.05) is 35.2 Å². The van der Waals surface area contributed by atoms with Crippen LogP contribution in [0.5, 0.6) is 0 Å². The summed E-state index contributed by atoms with van der Waals surface area (Å²) >= 11 is 0. The number of amides is 1. The molecular formula is C25H28N4O5S. The first-order valence-electron chi connectivity index (χ1n) is 11.7. The highest BCUT2D eigenvalue weighted by Gasteiger charge is 2.52. The molecule has 0 atom stereocenters. The SMILES string of the molecule is CCOC(=O)c1cc(C#N)c(N2CCC(S(=O)(=O)NC(=O)C3(c4ccccc4)CC3)CC2)nc1C. The van der Waals surface area contributed by atoms with Crippen LogP contribution < -0.4 is 9.62 Å². The van der Waals surface area contributed by atoms with Gasteiger partial charge < -0.3 is 9.64 Å². The van der Waals surface area contributed by atoms with Crippen molar-refractivity contribution < 1.29 is 22.7 Å². The zero-order valence-corrected chi connectivity index (χ0v) is 20.6. The number of rotatable bonds is 7. The summed E-state index contributed by atoms with van der Waals surface area (Å²) in [6, 6.07) is 12.8. The van der Waals surface area contributed by atoms with Gasteiger partial charge in [-0.05, 0) is 51.2 Å². The number of hydrogen-bond acceptors (Lipinski definition) is 8. The van der Waals surface area contributed by atoms with Crippen LogP contribution in [0.4, 0.5) is 5.82 Å². The minimum absolute atomic E-state index is 0.215. The molecule has 0 unspecified atom stereocenters. The molecule has 1 aliphatic carbocycles. The standard InChI is InChI=1S/C25H28N4O5S/c1-3-34-23(30)21-15-18(16-26)22(27-17(21)2)29-13-9-20(10-14-29)35(32,33)28-24(31)25(11-12-25)19-7-5-4-6-8-19/h4-8,15,20H,3,9-14H2,1-2H3,(H,28,31). The zero-order valence-electron chi connectivity index (χ0n) is 19.8. The lowest BCUT2D eigenvalue weighted by molar-refractivity contribution is -0.121. The molecule has 0 bridgehead atoms. The third-order valence-corrected chi connectivity index (χ3v) is 8.55. The van der Waals surface area contributed by atoms with Crippen LogP contribution in [0, 0.1) is 18.3 Å². The molecule has 2 fully saturated rings. The van der Waals surface area contributed by atoms with Crippen LogP contribution in [0.3, 0.4) is 0 Å². The van der Waals surface area contributed by atoms with Crippen molar-refractivity contribution in [2.45, 2.75) is 50.2 Å². The van der Waals surface area contributed by atoms with Gasteiger partial charge in [0.15, 0.2) is 0 Å². The summed E-state index contributed by atoms with van der Waals surface area (Å²) in [6.45, 7) is 4.29. The van der Waals surface area contributed by atoms with Crippen LogP contribution in [0.1, 0.15) is 59.8 Å². The Kier molecular flexibility index (Phi) is 6.81. The van der Waals surface area contributed by atoms with Crippen LogP contribution >= 0.6 is 0 Å². The van der Waals surface area contributed by atoms with Crippen molar-refractivity contribution in [2.24, 2.45) is 0 Å². The van der Waals surface area contributed by atoms with Crippen molar-refractivity contribution >= 4 is 27.7 Å². The Labute approximate surface area is 205 Å². The smallest absolute Gasteiger partial charge is 0.340 e. The zero-order chi connectivity index (χ0) is 25.2. The molecule has 2 aromatic rings. The lowest BCUT2D eigenvalue weighted by Gasteiger charge is -2.33. The second-order valence-corrected chi connectivity index (χ2v) is 10.9. The van der Waals surface area contributed by atoms with Crippen molar-refractivity contribution in [1.29, 1.82) is 5.26 Å². The van der Waals surface area contributed by atoms with Gasteiger partial charge in [-0.15, -0.1) is 0 Å². The van der Waals surface area contributed by atoms with Gasteiger partial charge in [0.25, 0.3) is 0 Å². The molecule has 0 spiro atoms. The van der Waals surface area contributed by atoms with Gasteiger partial charge >= 0.3 is 5.97 Å². The highest BCUT2D eigenvalue weighted by molar-refractivity contribution is 7.90. The predicted molar refractivity (Wildman–Crippen MR) is 129 cm³/mol. The Morgan fingerprint density at radius 1 is 1.23 bits per heavy atom. The summed E-state index contributed by atoms with van der Waals surface area (Å²) in [6.07, 6.45) is 1.82. The first-order valence-corrected chi connectivity index (χ1v) is 13.2. The molecule has 1 saturated carbocycles. The molecule has 1 aliphatic heterocycles. The molecule has 10 heteroatoms. The number of benzene rings is 1. The molecule has 1 N–H and O–H groups in total. The van der Waals surface area contributed by atoms with Crippen molar-refractivity contribution in [2.75, 3.05) is 24.6 Å². The number of piperidine rings is 1. The topological polar surface area (TPSA) is 129 Å². The first-order chi connectivity index (χ1) is 16.7. The molecule has 1 amide bonds. The Morgan fingerprint density at radius 3 is 2.46 bits per heavy atom. The Morgan fingerprint density at radius 2 is 1.89 bits per heavy atom. The highest BCUT2D eigenvalue weighted by Crippen LogP contribution is 2.48. The number of nitriles is 1. The lowest BCUT2D eigenvalue weighted by atomic mass is 9.96. The fraction of sp³-hybridized carbons (Fsp3) is 0.440. The molecular weight excluding hydrogens is 468 g/mol. The Hall–Kier alpha value is -3.45. The van der Waals surface area contributed by atoms with Crippen LogP contribution in [-0.4, -0.2) is 50.2 Å². The first kappa shape index (κ1) is 24.7. The van der Waals surface area contributed by atoms with Gasteiger partial charge in [0.1, 0.15) is 11.9 Å². The van der Waals surface area contributed by atoms with Gasteiger partial charge in [-0.2, -0.15) is 5.26 Å². The molecule has 1 aromatic carbocycles. The minimum Gasteiger partial charge on any atom is -0.462 e. The van der Waals surface area contributed by atoms with Gasteiger partial charge in [0, 0.05) is 13.1 Å². The van der Waals surface area contributed by atoms with Crippen molar-refractivity contribution in [1.82, 2.24) is 9.71 Å². The fourth-order valence-electron chi connectivity index (χ4n) is 4.55. The number of nitrogens with zero attached hydrogens (tertiary/aromatic N) is 3. The molecule has 0 radical (unpaired) electrons. The highest BCUT2D eigenvalue weighted by atomic mass is 32.2. The summed E-state index contributed by atoms with van der Waals surface area (Å²) in [7, 11) is -3.86. The summed E-state index contributed by atoms with van der Waals surface area (Å²) in [4.78, 5) is 31.4. The van der Waals surface area contributed by atoms with E-state index in [1.165, 1.54) is 6.07 Å². The number of anilines is 1. The van der Waals surface area contributed by atoms with Crippen LogP contribution in [0.2, 0.25) is 0 Å². The predicted octanol–water partition coefficient (Wildman–Crippen LogP) is 2.59. The van der Waals surface area contributed by atoms with Crippen molar-refractivity contribution in [3.63, 3.8) is 0 Å². The van der Waals surface area contributed by atoms with E-state index in [4.69, 9.17) is 4.74 Å². The third-order valence-electron chi connectivity index (χ3n) is 6.74. The third kappa shape index (κ3) is 4.86. The van der Waals surface area contributed by atoms with Gasteiger partial charge in [0.05, 0.1) is 34.1 Å². The van der Waals surface area contributed by atoms with E-state index in [9.17, 15) is 23.3 Å². The minimum atomic E-state index is -3.86. The molecule has 35 heavy (non-hydrogen) atoms. The van der Waals surface area contributed by atoms with Gasteiger partial charge in [0.2, 0.25) is 15.9 Å². The number of aryl methyl sites for hydroxylation is 1. The van der Waals surface area contributed by atoms with E-state index in [-0.39, 0.29) is 30.6 Å². The van der Waals surface area contributed by atoms with E-state index in [2.05, 4.69) is 15.8 Å². The molecule has 4 rings (SSSR count). The number of aromatic nitrogens is 1. The second kappa shape index (κ2) is 9.66. The Balaban J connectivity index is 1.44. The maximum atomic E-state index is 13.0. The van der Waals surface area contributed by atoms with Crippen molar-refractivity contribution in [3.05, 3.63) is 58.8 Å². The maximum Gasteiger partial charge on any atom is 0.340 e. The van der Waals surface area contributed by atoms with E-state index in [0.29, 0.717) is 37.4 Å². The second-order valence-electron chi connectivity index (χ2n) is 8.94. The molecule has 184 valence electrons. The number of carbonyl (C=O) groups is 2. The molecule has 9 nitrogen and oxygen atoms in total. The Bertz CT molecular complexity index is 1270. The van der Waals surface area contributed by atoms with E-state index < -0.39 is 32.6 Å². The number of hydrogen-bond donors (Lipinski definition) is 1. The van der Waals surface area contributed by atoms with E-state index in [0.717, 1.165) is 5.56 Å². The molecule has 2 heterocycles. The number of sulfonamides is 1. The normalized spacial score (nSPS) is 17.3. The monoisotopic (exact) mass is 496 g/mol. The summed E-state index contributed by atoms with van der Waals surface area (Å²) in [5.74, 6) is -0.589. The lowest BCUT2D eigenvalue weighted by Crippen LogP contribution is -2.48. The average Bonchev–Trinajstić information content (AvgIpc) is 3.67. The molecule has 2 aliphatic rings. The molecule has 1 saturated heterocycles. The number of nitrogens with one attached hydrogen (secondary N) is 1. The van der Waals surface area contributed by atoms with Crippen molar-refractivity contribution in [3.8, 4) is 6.07 Å². The quantitative estimate of drug-likeness (QED) is 0.579. The van der Waals surface area contributed by atoms with Gasteiger partial charge in [-0.1, -0.05) is 30.3 Å². The fourth-order valence-corrected chi connectivity index (χ4v) is 6.00. The largest absolute Gasteiger partial charge is 0.462 e. The van der Waals surface area contributed by atoms with E-state index in [1.54, 1.807) is 13.8 Å². The van der Waals surface area contributed by atoms with E-state index >= 15 is 0 Å². The summed E-state index contributed by atoms with van der Waals surface area (Å²) < 4.78 is 33.4. The van der Waals surface area contributed by atoms with Crippen LogP contribution in [0.25, 0.3) is 0 Å². The number of pyridine rings is 1. The van der Waals surface area contributed by atoms with Gasteiger partial charge in [-0.25, -0.2) is 18.2 Å². The summed E-state index contributed by atoms with van der Waals surface area (Å²) in [5, 5.41) is 8.90. The number of esters is 1.